The molecule has 0 unspecified atom stereocenters. The molecular formula is C14H17ClN4O. The van der Waals surface area contributed by atoms with Gasteiger partial charge in [-0.15, -0.1) is 11.6 Å². The van der Waals surface area contributed by atoms with Crippen LogP contribution in [-0.4, -0.2) is 26.6 Å². The number of hydrogen-bond acceptors (Lipinski definition) is 3. The number of carbonyl (C=O) groups is 1. The number of carbonyl (C=O) groups excluding carboxylic acids is 1. The summed E-state index contributed by atoms with van der Waals surface area (Å²) in [5.41, 5.74) is 1.87. The second-order valence-corrected chi connectivity index (χ2v) is 4.87. The molecule has 0 spiro atoms. The van der Waals surface area contributed by atoms with Crippen molar-refractivity contribution in [1.29, 1.82) is 0 Å². The first kappa shape index (κ1) is 14.5. The van der Waals surface area contributed by atoms with Gasteiger partial charge in [0.15, 0.2) is 0 Å². The fourth-order valence-corrected chi connectivity index (χ4v) is 2.04. The summed E-state index contributed by atoms with van der Waals surface area (Å²) < 4.78 is 1.74. The number of halogens is 1. The predicted molar refractivity (Wildman–Crippen MR) is 78.8 cm³/mol. The zero-order chi connectivity index (χ0) is 14.2. The van der Waals surface area contributed by atoms with Gasteiger partial charge in [0.25, 0.3) is 0 Å². The van der Waals surface area contributed by atoms with Crippen molar-refractivity contribution in [3.8, 4) is 0 Å². The average molecular weight is 293 g/mol. The fourth-order valence-electron chi connectivity index (χ4n) is 1.85. The van der Waals surface area contributed by atoms with Crippen LogP contribution < -0.4 is 5.32 Å². The van der Waals surface area contributed by atoms with Gasteiger partial charge in [-0.2, -0.15) is 5.10 Å². The molecule has 1 amide bonds. The van der Waals surface area contributed by atoms with E-state index in [2.05, 4.69) is 15.4 Å². The van der Waals surface area contributed by atoms with Crippen LogP contribution in [0.3, 0.4) is 0 Å². The zero-order valence-corrected chi connectivity index (χ0v) is 11.9. The van der Waals surface area contributed by atoms with E-state index in [1.807, 2.05) is 24.3 Å². The van der Waals surface area contributed by atoms with Crippen LogP contribution >= 0.6 is 11.6 Å². The summed E-state index contributed by atoms with van der Waals surface area (Å²) in [4.78, 5) is 15.6. The van der Waals surface area contributed by atoms with Crippen LogP contribution in [-0.2, 0) is 11.3 Å². The quantitative estimate of drug-likeness (QED) is 0.630. The Morgan fingerprint density at radius 1 is 1.35 bits per heavy atom. The molecule has 0 atom stereocenters. The van der Waals surface area contributed by atoms with Crippen molar-refractivity contribution in [2.45, 2.75) is 25.8 Å². The fraction of sp³-hybridized carbons (Fsp3) is 0.357. The third-order valence-corrected chi connectivity index (χ3v) is 3.08. The van der Waals surface area contributed by atoms with Gasteiger partial charge in [0.05, 0.1) is 6.54 Å². The topological polar surface area (TPSA) is 59.8 Å². The van der Waals surface area contributed by atoms with Crippen molar-refractivity contribution >= 4 is 23.2 Å². The smallest absolute Gasteiger partial charge is 0.224 e. The lowest BCUT2D eigenvalue weighted by atomic mass is 10.2. The first-order valence-electron chi connectivity index (χ1n) is 6.55. The second-order valence-electron chi connectivity index (χ2n) is 4.49. The molecule has 0 radical (unpaired) electrons. The summed E-state index contributed by atoms with van der Waals surface area (Å²) in [6.45, 7) is 0.635. The highest BCUT2D eigenvalue weighted by Crippen LogP contribution is 2.12. The molecule has 2 aromatic rings. The monoisotopic (exact) mass is 292 g/mol. The van der Waals surface area contributed by atoms with Gasteiger partial charge in [-0.3, -0.25) is 4.79 Å². The number of unbranched alkanes of at least 4 members (excludes halogenated alkanes) is 1. The molecule has 106 valence electrons. The van der Waals surface area contributed by atoms with Crippen molar-refractivity contribution in [3.63, 3.8) is 0 Å². The molecule has 0 saturated heterocycles. The van der Waals surface area contributed by atoms with E-state index >= 15 is 0 Å². The van der Waals surface area contributed by atoms with Crippen molar-refractivity contribution in [1.82, 2.24) is 14.8 Å². The number of aromatic nitrogens is 3. The highest BCUT2D eigenvalue weighted by atomic mass is 35.5. The van der Waals surface area contributed by atoms with Gasteiger partial charge in [0, 0.05) is 18.0 Å². The molecule has 1 N–H and O–H groups in total. The van der Waals surface area contributed by atoms with Crippen molar-refractivity contribution in [2.75, 3.05) is 11.2 Å². The first-order valence-corrected chi connectivity index (χ1v) is 7.08. The molecule has 0 bridgehead atoms. The molecule has 2 rings (SSSR count). The van der Waals surface area contributed by atoms with Gasteiger partial charge in [0.2, 0.25) is 5.91 Å². The van der Waals surface area contributed by atoms with Gasteiger partial charge in [0.1, 0.15) is 12.7 Å². The van der Waals surface area contributed by atoms with Crippen LogP contribution in [0.1, 0.15) is 24.8 Å². The van der Waals surface area contributed by atoms with E-state index in [0.29, 0.717) is 18.8 Å². The normalized spacial score (nSPS) is 10.4. The Kier molecular flexibility index (Phi) is 5.55. The summed E-state index contributed by atoms with van der Waals surface area (Å²) in [7, 11) is 0. The number of hydrogen-bond donors (Lipinski definition) is 1. The van der Waals surface area contributed by atoms with Crippen molar-refractivity contribution < 1.29 is 4.79 Å². The number of amides is 1. The summed E-state index contributed by atoms with van der Waals surface area (Å²) in [6, 6.07) is 7.73. The summed E-state index contributed by atoms with van der Waals surface area (Å²) in [5.74, 6) is 0.619. The Morgan fingerprint density at radius 3 is 3.00 bits per heavy atom. The molecule has 6 heteroatoms. The number of alkyl halides is 1. The lowest BCUT2D eigenvalue weighted by molar-refractivity contribution is -0.116. The van der Waals surface area contributed by atoms with Gasteiger partial charge in [-0.1, -0.05) is 12.1 Å². The SMILES string of the molecule is O=C(CCCCCl)Nc1cccc(Cn2cncn2)c1. The molecule has 0 saturated carbocycles. The van der Waals surface area contributed by atoms with Crippen LogP contribution in [0.15, 0.2) is 36.9 Å². The Labute approximate surface area is 123 Å². The standard InChI is InChI=1S/C14H17ClN4O/c15-7-2-1-6-14(20)18-13-5-3-4-12(8-13)9-19-11-16-10-17-19/h3-5,8,10-11H,1-2,6-7,9H2,(H,18,20). The van der Waals surface area contributed by atoms with Gasteiger partial charge < -0.3 is 5.32 Å². The molecule has 5 nitrogen and oxygen atoms in total. The summed E-state index contributed by atoms with van der Waals surface area (Å²) in [5, 5.41) is 6.95. The van der Waals surface area contributed by atoms with Crippen LogP contribution in [0.2, 0.25) is 0 Å². The van der Waals surface area contributed by atoms with E-state index in [1.54, 1.807) is 11.0 Å². The Bertz CT molecular complexity index is 542. The second kappa shape index (κ2) is 7.65. The van der Waals surface area contributed by atoms with E-state index in [0.717, 1.165) is 24.1 Å². The maximum atomic E-state index is 11.7. The van der Waals surface area contributed by atoms with Gasteiger partial charge in [-0.05, 0) is 30.5 Å². The molecule has 0 aliphatic heterocycles. The molecule has 0 aliphatic carbocycles. The highest BCUT2D eigenvalue weighted by Gasteiger charge is 2.03. The average Bonchev–Trinajstić information content (AvgIpc) is 2.92. The van der Waals surface area contributed by atoms with E-state index in [9.17, 15) is 4.79 Å². The zero-order valence-electron chi connectivity index (χ0n) is 11.1. The van der Waals surface area contributed by atoms with Crippen LogP contribution in [0, 0.1) is 0 Å². The molecule has 0 aliphatic rings. The lowest BCUT2D eigenvalue weighted by Crippen LogP contribution is -2.11. The number of anilines is 1. The molecule has 1 aromatic heterocycles. The summed E-state index contributed by atoms with van der Waals surface area (Å²) >= 11 is 5.59. The minimum absolute atomic E-state index is 0.0213. The van der Waals surface area contributed by atoms with Crippen LogP contribution in [0.5, 0.6) is 0 Å². The van der Waals surface area contributed by atoms with Crippen LogP contribution in [0.4, 0.5) is 5.69 Å². The summed E-state index contributed by atoms with van der Waals surface area (Å²) in [6.07, 6.45) is 5.34. The Balaban J connectivity index is 1.90. The largest absolute Gasteiger partial charge is 0.326 e. The van der Waals surface area contributed by atoms with Gasteiger partial charge in [-0.25, -0.2) is 9.67 Å². The first-order chi connectivity index (χ1) is 9.78. The number of nitrogens with zero attached hydrogens (tertiary/aromatic N) is 3. The third kappa shape index (κ3) is 4.66. The van der Waals surface area contributed by atoms with E-state index in [1.165, 1.54) is 6.33 Å². The van der Waals surface area contributed by atoms with E-state index in [4.69, 9.17) is 11.6 Å². The predicted octanol–water partition coefficient (Wildman–Crippen LogP) is 2.67. The Morgan fingerprint density at radius 2 is 2.25 bits per heavy atom. The lowest BCUT2D eigenvalue weighted by Gasteiger charge is -2.07. The minimum atomic E-state index is 0.0213. The molecule has 20 heavy (non-hydrogen) atoms. The number of nitrogens with one attached hydrogen (secondary N) is 1. The highest BCUT2D eigenvalue weighted by molar-refractivity contribution is 6.17. The minimum Gasteiger partial charge on any atom is -0.326 e. The maximum Gasteiger partial charge on any atom is 0.224 e. The maximum absolute atomic E-state index is 11.7. The molecule has 0 fully saturated rings. The molecule has 1 heterocycles. The number of rotatable bonds is 7. The molecule has 1 aromatic carbocycles. The van der Waals surface area contributed by atoms with E-state index in [-0.39, 0.29) is 5.91 Å². The van der Waals surface area contributed by atoms with Crippen LogP contribution in [0.25, 0.3) is 0 Å². The van der Waals surface area contributed by atoms with E-state index < -0.39 is 0 Å². The number of benzene rings is 1. The Hall–Kier alpha value is -1.88. The van der Waals surface area contributed by atoms with Crippen molar-refractivity contribution in [3.05, 3.63) is 42.5 Å². The third-order valence-electron chi connectivity index (χ3n) is 2.81. The van der Waals surface area contributed by atoms with Crippen molar-refractivity contribution in [2.24, 2.45) is 0 Å². The molecular weight excluding hydrogens is 276 g/mol. The van der Waals surface area contributed by atoms with Gasteiger partial charge >= 0.3 is 0 Å².